The Morgan fingerprint density at radius 2 is 2.33 bits per heavy atom. The summed E-state index contributed by atoms with van der Waals surface area (Å²) in [5.74, 6) is 0.697. The predicted octanol–water partition coefficient (Wildman–Crippen LogP) is 2.29. The molecule has 2 nitrogen and oxygen atoms in total. The Balaban J connectivity index is 2.23. The van der Waals surface area contributed by atoms with E-state index in [-0.39, 0.29) is 0 Å². The Bertz CT molecular complexity index is 426. The number of aryl methyl sites for hydroxylation is 1. The van der Waals surface area contributed by atoms with Crippen molar-refractivity contribution in [1.29, 1.82) is 0 Å². The Hall–Kier alpha value is -1.02. The number of nitrogens with one attached hydrogen (secondary N) is 1. The molecule has 2 aliphatic rings. The van der Waals surface area contributed by atoms with E-state index in [1.165, 1.54) is 23.3 Å². The van der Waals surface area contributed by atoms with Gasteiger partial charge >= 0.3 is 0 Å². The van der Waals surface area contributed by atoms with Gasteiger partial charge in [0.15, 0.2) is 0 Å². The van der Waals surface area contributed by atoms with Gasteiger partial charge in [0.1, 0.15) is 0 Å². The zero-order valence-electron chi connectivity index (χ0n) is 9.51. The van der Waals surface area contributed by atoms with Crippen LogP contribution < -0.4 is 5.32 Å². The van der Waals surface area contributed by atoms with Gasteiger partial charge in [0.25, 0.3) is 0 Å². The average molecular weight is 202 g/mol. The summed E-state index contributed by atoms with van der Waals surface area (Å²) in [4.78, 5) is 0. The third kappa shape index (κ3) is 1.28. The third-order valence-electron chi connectivity index (χ3n) is 3.68. The van der Waals surface area contributed by atoms with Gasteiger partial charge in [-0.2, -0.15) is 0 Å². The molecule has 1 aromatic heterocycles. The second kappa shape index (κ2) is 3.24. The summed E-state index contributed by atoms with van der Waals surface area (Å²) in [5, 5.41) is 3.49. The molecule has 0 unspecified atom stereocenters. The highest BCUT2D eigenvalue weighted by molar-refractivity contribution is 5.71. The lowest BCUT2D eigenvalue weighted by atomic mass is 9.86. The SMILES string of the molecule is Cc1cn2c3c1[C@@H](C)CC=C3CNCC2. The summed E-state index contributed by atoms with van der Waals surface area (Å²) in [6.45, 7) is 7.84. The number of aromatic nitrogens is 1. The van der Waals surface area contributed by atoms with E-state index in [1.54, 1.807) is 5.56 Å². The first-order chi connectivity index (χ1) is 7.27. The van der Waals surface area contributed by atoms with Crippen molar-refractivity contribution in [3.8, 4) is 0 Å². The Morgan fingerprint density at radius 3 is 3.20 bits per heavy atom. The maximum Gasteiger partial charge on any atom is 0.0487 e. The summed E-state index contributed by atoms with van der Waals surface area (Å²) < 4.78 is 2.44. The molecule has 80 valence electrons. The lowest BCUT2D eigenvalue weighted by Gasteiger charge is -2.21. The molecule has 1 aromatic rings. The minimum absolute atomic E-state index is 0.697. The van der Waals surface area contributed by atoms with Gasteiger partial charge in [-0.05, 0) is 36.0 Å². The summed E-state index contributed by atoms with van der Waals surface area (Å²) >= 11 is 0. The lowest BCUT2D eigenvalue weighted by molar-refractivity contribution is 0.648. The molecule has 1 aliphatic heterocycles. The van der Waals surface area contributed by atoms with Crippen LogP contribution in [0.3, 0.4) is 0 Å². The van der Waals surface area contributed by atoms with E-state index < -0.39 is 0 Å². The Kier molecular flexibility index (Phi) is 1.99. The molecule has 3 rings (SSSR count). The normalized spacial score (nSPS) is 24.4. The first-order valence-corrected chi connectivity index (χ1v) is 5.87. The minimum atomic E-state index is 0.697. The molecule has 0 fully saturated rings. The second-order valence-corrected chi connectivity index (χ2v) is 4.81. The van der Waals surface area contributed by atoms with E-state index in [1.807, 2.05) is 0 Å². The van der Waals surface area contributed by atoms with Gasteiger partial charge in [0.2, 0.25) is 0 Å². The molecule has 0 spiro atoms. The van der Waals surface area contributed by atoms with E-state index in [2.05, 4.69) is 36.0 Å². The van der Waals surface area contributed by atoms with E-state index in [4.69, 9.17) is 0 Å². The van der Waals surface area contributed by atoms with E-state index in [0.29, 0.717) is 5.92 Å². The fourth-order valence-electron chi connectivity index (χ4n) is 2.98. The van der Waals surface area contributed by atoms with Gasteiger partial charge in [0, 0.05) is 31.5 Å². The highest BCUT2D eigenvalue weighted by Gasteiger charge is 2.25. The van der Waals surface area contributed by atoms with Crippen LogP contribution in [0.15, 0.2) is 12.3 Å². The van der Waals surface area contributed by atoms with Crippen LogP contribution in [0.2, 0.25) is 0 Å². The molecule has 1 atom stereocenters. The van der Waals surface area contributed by atoms with Crippen LogP contribution in [-0.4, -0.2) is 17.7 Å². The monoisotopic (exact) mass is 202 g/mol. The largest absolute Gasteiger partial charge is 0.346 e. The summed E-state index contributed by atoms with van der Waals surface area (Å²) in [7, 11) is 0. The van der Waals surface area contributed by atoms with Crippen molar-refractivity contribution < 1.29 is 0 Å². The van der Waals surface area contributed by atoms with E-state index in [0.717, 1.165) is 19.6 Å². The summed E-state index contributed by atoms with van der Waals surface area (Å²) in [6, 6.07) is 0. The van der Waals surface area contributed by atoms with E-state index in [9.17, 15) is 0 Å². The third-order valence-corrected chi connectivity index (χ3v) is 3.68. The van der Waals surface area contributed by atoms with Crippen molar-refractivity contribution in [2.45, 2.75) is 32.7 Å². The Labute approximate surface area is 91.0 Å². The van der Waals surface area contributed by atoms with Gasteiger partial charge < -0.3 is 9.88 Å². The maximum absolute atomic E-state index is 3.49. The minimum Gasteiger partial charge on any atom is -0.346 e. The van der Waals surface area contributed by atoms with Crippen LogP contribution in [0.4, 0.5) is 0 Å². The van der Waals surface area contributed by atoms with Gasteiger partial charge in [-0.15, -0.1) is 0 Å². The molecule has 0 amide bonds. The summed E-state index contributed by atoms with van der Waals surface area (Å²) in [6.07, 6.45) is 5.95. The summed E-state index contributed by atoms with van der Waals surface area (Å²) in [5.41, 5.74) is 6.09. The van der Waals surface area contributed by atoms with Crippen LogP contribution in [-0.2, 0) is 6.54 Å². The molecule has 0 saturated carbocycles. The van der Waals surface area contributed by atoms with Gasteiger partial charge in [-0.3, -0.25) is 0 Å². The number of nitrogens with zero attached hydrogens (tertiary/aromatic N) is 1. The zero-order chi connectivity index (χ0) is 10.4. The first-order valence-electron chi connectivity index (χ1n) is 5.87. The Morgan fingerprint density at radius 1 is 1.47 bits per heavy atom. The van der Waals surface area contributed by atoms with Crippen molar-refractivity contribution >= 4 is 5.57 Å². The standard InChI is InChI=1S/C13H18N2/c1-9-3-4-11-7-14-5-6-15-8-10(2)12(9)13(11)15/h4,8-9,14H,3,5-7H2,1-2H3/t9-/m0/s1. The lowest BCUT2D eigenvalue weighted by Crippen LogP contribution is -2.17. The molecule has 1 N–H and O–H groups in total. The van der Waals surface area contributed by atoms with Crippen LogP contribution in [0.5, 0.6) is 0 Å². The smallest absolute Gasteiger partial charge is 0.0487 e. The van der Waals surface area contributed by atoms with Crippen molar-refractivity contribution in [1.82, 2.24) is 9.88 Å². The van der Waals surface area contributed by atoms with Crippen molar-refractivity contribution in [2.24, 2.45) is 0 Å². The van der Waals surface area contributed by atoms with Crippen molar-refractivity contribution in [2.75, 3.05) is 13.1 Å². The first kappa shape index (κ1) is 9.22. The fraction of sp³-hybridized carbons (Fsp3) is 0.538. The van der Waals surface area contributed by atoms with Crippen molar-refractivity contribution in [3.05, 3.63) is 29.1 Å². The zero-order valence-corrected chi connectivity index (χ0v) is 9.51. The predicted molar refractivity (Wildman–Crippen MR) is 63.0 cm³/mol. The molecule has 0 saturated heterocycles. The van der Waals surface area contributed by atoms with Gasteiger partial charge in [-0.1, -0.05) is 13.0 Å². The molecule has 2 heteroatoms. The topological polar surface area (TPSA) is 17.0 Å². The van der Waals surface area contributed by atoms with Gasteiger partial charge in [0.05, 0.1) is 0 Å². The molecule has 1 aliphatic carbocycles. The number of rotatable bonds is 0. The molecular formula is C13H18N2. The van der Waals surface area contributed by atoms with Crippen molar-refractivity contribution in [3.63, 3.8) is 0 Å². The maximum atomic E-state index is 3.49. The fourth-order valence-corrected chi connectivity index (χ4v) is 2.98. The molecular weight excluding hydrogens is 184 g/mol. The highest BCUT2D eigenvalue weighted by atomic mass is 15.0. The molecule has 0 bridgehead atoms. The number of hydrogen-bond acceptors (Lipinski definition) is 1. The number of allylic oxidation sites excluding steroid dienone is 1. The quantitative estimate of drug-likeness (QED) is 0.683. The molecule has 15 heavy (non-hydrogen) atoms. The van der Waals surface area contributed by atoms with E-state index >= 15 is 0 Å². The van der Waals surface area contributed by atoms with Crippen LogP contribution in [0.25, 0.3) is 5.57 Å². The van der Waals surface area contributed by atoms with Crippen LogP contribution in [0, 0.1) is 6.92 Å². The molecule has 2 heterocycles. The molecule has 0 radical (unpaired) electrons. The second-order valence-electron chi connectivity index (χ2n) is 4.81. The van der Waals surface area contributed by atoms with Gasteiger partial charge in [-0.25, -0.2) is 0 Å². The highest BCUT2D eigenvalue weighted by Crippen LogP contribution is 2.37. The van der Waals surface area contributed by atoms with Crippen LogP contribution >= 0.6 is 0 Å². The van der Waals surface area contributed by atoms with Crippen LogP contribution in [0.1, 0.15) is 36.1 Å². The molecule has 0 aromatic carbocycles. The number of hydrogen-bond donors (Lipinski definition) is 1. The average Bonchev–Trinajstić information content (AvgIpc) is 2.43.